The minimum absolute atomic E-state index is 0.193. The molecular weight excluding hydrogens is 299 g/mol. The number of hydrogen-bond donors (Lipinski definition) is 1. The maximum absolute atomic E-state index is 12.0. The van der Waals surface area contributed by atoms with Gasteiger partial charge in [-0.3, -0.25) is 4.79 Å². The van der Waals surface area contributed by atoms with Gasteiger partial charge in [-0.2, -0.15) is 17.9 Å². The van der Waals surface area contributed by atoms with Gasteiger partial charge in [0.1, 0.15) is 5.54 Å². The van der Waals surface area contributed by atoms with Gasteiger partial charge >= 0.3 is 12.1 Å². The summed E-state index contributed by atoms with van der Waals surface area (Å²) in [5.41, 5.74) is -1.46. The summed E-state index contributed by atoms with van der Waals surface area (Å²) in [5.74, 6) is -1.46. The van der Waals surface area contributed by atoms with E-state index in [0.717, 1.165) is 7.11 Å². The lowest BCUT2D eigenvalue weighted by molar-refractivity contribution is -0.147. The molecule has 0 saturated heterocycles. The van der Waals surface area contributed by atoms with E-state index in [9.17, 15) is 26.4 Å². The van der Waals surface area contributed by atoms with E-state index in [1.807, 2.05) is 0 Å². The van der Waals surface area contributed by atoms with Crippen molar-refractivity contribution < 1.29 is 31.1 Å². The van der Waals surface area contributed by atoms with Crippen molar-refractivity contribution in [3.05, 3.63) is 0 Å². The number of sulfonamides is 1. The van der Waals surface area contributed by atoms with Gasteiger partial charge in [-0.25, -0.2) is 8.42 Å². The van der Waals surface area contributed by atoms with Crippen LogP contribution in [0.3, 0.4) is 0 Å². The van der Waals surface area contributed by atoms with E-state index < -0.39 is 46.3 Å². The van der Waals surface area contributed by atoms with Crippen molar-refractivity contribution in [2.24, 2.45) is 0 Å². The average Bonchev–Trinajstić information content (AvgIpc) is 2.25. The monoisotopic (exact) mass is 319 g/mol. The topological polar surface area (TPSA) is 72.5 Å². The van der Waals surface area contributed by atoms with Crippen LogP contribution in [0.5, 0.6) is 0 Å². The van der Waals surface area contributed by atoms with Crippen molar-refractivity contribution in [3.8, 4) is 0 Å². The average molecular weight is 319 g/mol. The molecule has 1 N–H and O–H groups in total. The zero-order valence-corrected chi connectivity index (χ0v) is 12.5. The standard InChI is InChI=1S/C11H20F3NO4S/c1-4-6-10(2,9(16)19-3)15-20(17,18)8-5-7-11(12,13)14/h15H,4-8H2,1-3H3. The number of alkyl halides is 3. The first-order valence-corrected chi connectivity index (χ1v) is 7.78. The Hall–Kier alpha value is -0.830. The van der Waals surface area contributed by atoms with Crippen LogP contribution >= 0.6 is 0 Å². The molecule has 0 aromatic heterocycles. The molecule has 0 saturated carbocycles. The lowest BCUT2D eigenvalue weighted by atomic mass is 9.98. The van der Waals surface area contributed by atoms with Crippen LogP contribution < -0.4 is 4.72 Å². The van der Waals surface area contributed by atoms with E-state index in [0.29, 0.717) is 6.42 Å². The largest absolute Gasteiger partial charge is 0.468 e. The van der Waals surface area contributed by atoms with Crippen molar-refractivity contribution in [3.63, 3.8) is 0 Å². The van der Waals surface area contributed by atoms with Crippen LogP contribution in [0.4, 0.5) is 13.2 Å². The minimum atomic E-state index is -4.40. The third kappa shape index (κ3) is 7.09. The third-order valence-corrected chi connectivity index (χ3v) is 4.23. The number of rotatable bonds is 8. The summed E-state index contributed by atoms with van der Waals surface area (Å²) < 4.78 is 66.1. The van der Waals surface area contributed by atoms with Gasteiger partial charge in [-0.05, 0) is 19.8 Å². The molecule has 0 spiro atoms. The highest BCUT2D eigenvalue weighted by Crippen LogP contribution is 2.22. The van der Waals surface area contributed by atoms with Gasteiger partial charge in [-0.15, -0.1) is 0 Å². The van der Waals surface area contributed by atoms with Gasteiger partial charge in [0.25, 0.3) is 0 Å². The first-order valence-electron chi connectivity index (χ1n) is 6.12. The summed E-state index contributed by atoms with van der Waals surface area (Å²) in [6.45, 7) is 3.10. The molecule has 1 atom stereocenters. The number of hydrogen-bond acceptors (Lipinski definition) is 4. The zero-order chi connectivity index (χ0) is 16.0. The molecule has 0 radical (unpaired) electrons. The molecular formula is C11H20F3NO4S. The van der Waals surface area contributed by atoms with Crippen LogP contribution in [0.25, 0.3) is 0 Å². The lowest BCUT2D eigenvalue weighted by Gasteiger charge is -2.27. The predicted octanol–water partition coefficient (Wildman–Crippen LogP) is 1.98. The highest BCUT2D eigenvalue weighted by molar-refractivity contribution is 7.89. The molecule has 20 heavy (non-hydrogen) atoms. The molecule has 0 aromatic rings. The number of carbonyl (C=O) groups excluding carboxylic acids is 1. The van der Waals surface area contributed by atoms with E-state index in [1.165, 1.54) is 6.92 Å². The molecule has 0 bridgehead atoms. The number of ether oxygens (including phenoxy) is 1. The van der Waals surface area contributed by atoms with Gasteiger partial charge in [-0.1, -0.05) is 13.3 Å². The van der Waals surface area contributed by atoms with Crippen molar-refractivity contribution in [2.75, 3.05) is 12.9 Å². The normalized spacial score (nSPS) is 15.7. The summed E-state index contributed by atoms with van der Waals surface area (Å²) >= 11 is 0. The first kappa shape index (κ1) is 19.2. The summed E-state index contributed by atoms with van der Waals surface area (Å²) in [5, 5.41) is 0. The van der Waals surface area contributed by atoms with E-state index in [-0.39, 0.29) is 6.42 Å². The molecule has 0 fully saturated rings. The Bertz CT molecular complexity index is 422. The molecule has 0 aliphatic carbocycles. The lowest BCUT2D eigenvalue weighted by Crippen LogP contribution is -2.53. The molecule has 0 aromatic carbocycles. The van der Waals surface area contributed by atoms with Crippen LogP contribution in [0, 0.1) is 0 Å². The second-order valence-electron chi connectivity index (χ2n) is 4.71. The van der Waals surface area contributed by atoms with Crippen molar-refractivity contribution in [1.82, 2.24) is 4.72 Å². The van der Waals surface area contributed by atoms with Gasteiger partial charge in [0.2, 0.25) is 10.0 Å². The second kappa shape index (κ2) is 7.26. The fourth-order valence-electron chi connectivity index (χ4n) is 1.78. The summed E-state index contributed by atoms with van der Waals surface area (Å²) in [6.07, 6.45) is -5.43. The Morgan fingerprint density at radius 2 is 1.80 bits per heavy atom. The van der Waals surface area contributed by atoms with Crippen LogP contribution in [0.1, 0.15) is 39.5 Å². The Morgan fingerprint density at radius 3 is 2.20 bits per heavy atom. The SMILES string of the molecule is CCCC(C)(NS(=O)(=O)CCCC(F)(F)F)C(=O)OC. The highest BCUT2D eigenvalue weighted by atomic mass is 32.2. The van der Waals surface area contributed by atoms with Crippen LogP contribution in [-0.2, 0) is 19.6 Å². The van der Waals surface area contributed by atoms with Crippen molar-refractivity contribution in [1.29, 1.82) is 0 Å². The van der Waals surface area contributed by atoms with Gasteiger partial charge in [0.05, 0.1) is 12.9 Å². The molecule has 0 aliphatic heterocycles. The molecule has 9 heteroatoms. The number of nitrogens with one attached hydrogen (secondary N) is 1. The number of esters is 1. The maximum atomic E-state index is 12.0. The van der Waals surface area contributed by atoms with Gasteiger partial charge in [0.15, 0.2) is 0 Å². The quantitative estimate of drug-likeness (QED) is 0.694. The zero-order valence-electron chi connectivity index (χ0n) is 11.7. The predicted molar refractivity (Wildman–Crippen MR) is 67.5 cm³/mol. The van der Waals surface area contributed by atoms with E-state index >= 15 is 0 Å². The Balaban J connectivity index is 4.73. The van der Waals surface area contributed by atoms with Crippen LogP contribution in [0.2, 0.25) is 0 Å². The summed E-state index contributed by atoms with van der Waals surface area (Å²) in [4.78, 5) is 11.6. The summed E-state index contributed by atoms with van der Waals surface area (Å²) in [6, 6.07) is 0. The van der Waals surface area contributed by atoms with E-state index in [2.05, 4.69) is 9.46 Å². The van der Waals surface area contributed by atoms with Crippen molar-refractivity contribution >= 4 is 16.0 Å². The molecule has 0 rings (SSSR count). The fraction of sp³-hybridized carbons (Fsp3) is 0.909. The van der Waals surface area contributed by atoms with Crippen LogP contribution in [-0.4, -0.2) is 39.0 Å². The molecule has 5 nitrogen and oxygen atoms in total. The number of carbonyl (C=O) groups is 1. The highest BCUT2D eigenvalue weighted by Gasteiger charge is 2.37. The van der Waals surface area contributed by atoms with Gasteiger partial charge < -0.3 is 4.74 Å². The number of methoxy groups -OCH3 is 1. The number of halogens is 3. The van der Waals surface area contributed by atoms with Crippen molar-refractivity contribution in [2.45, 2.75) is 51.2 Å². The fourth-order valence-corrected chi connectivity index (χ4v) is 3.28. The van der Waals surface area contributed by atoms with E-state index in [4.69, 9.17) is 0 Å². The molecule has 0 heterocycles. The summed E-state index contributed by atoms with van der Waals surface area (Å²) in [7, 11) is -2.87. The first-order chi connectivity index (χ1) is 8.96. The van der Waals surface area contributed by atoms with Crippen LogP contribution in [0.15, 0.2) is 0 Å². The molecule has 120 valence electrons. The molecule has 1 unspecified atom stereocenters. The third-order valence-electron chi connectivity index (χ3n) is 2.64. The maximum Gasteiger partial charge on any atom is 0.389 e. The Labute approximate surface area is 116 Å². The Morgan fingerprint density at radius 1 is 1.25 bits per heavy atom. The van der Waals surface area contributed by atoms with Gasteiger partial charge in [0, 0.05) is 6.42 Å². The Kier molecular flexibility index (Phi) is 6.96. The molecule has 0 amide bonds. The smallest absolute Gasteiger partial charge is 0.389 e. The van der Waals surface area contributed by atoms with E-state index in [1.54, 1.807) is 6.92 Å². The molecule has 0 aliphatic rings. The minimum Gasteiger partial charge on any atom is -0.468 e. The second-order valence-corrected chi connectivity index (χ2v) is 6.56.